The van der Waals surface area contributed by atoms with Gasteiger partial charge in [0.2, 0.25) is 4.75 Å². The van der Waals surface area contributed by atoms with Gasteiger partial charge in [-0.25, -0.2) is 4.79 Å². The van der Waals surface area contributed by atoms with Crippen LogP contribution in [-0.4, -0.2) is 69.4 Å². The molecule has 0 aromatic heterocycles. The summed E-state index contributed by atoms with van der Waals surface area (Å²) in [7, 11) is -4.94. The molecular formula is C8H9NaO7S. The van der Waals surface area contributed by atoms with Crippen molar-refractivity contribution in [3.05, 3.63) is 23.8 Å². The van der Waals surface area contributed by atoms with Crippen LogP contribution in [0.5, 0.6) is 0 Å². The second-order valence-electron chi connectivity index (χ2n) is 3.20. The van der Waals surface area contributed by atoms with Crippen LogP contribution in [0, 0.1) is 0 Å². The Morgan fingerprint density at radius 1 is 1.29 bits per heavy atom. The van der Waals surface area contributed by atoms with Crippen molar-refractivity contribution in [1.82, 2.24) is 0 Å². The molecule has 0 bridgehead atoms. The van der Waals surface area contributed by atoms with Crippen molar-refractivity contribution in [3.8, 4) is 0 Å². The van der Waals surface area contributed by atoms with Crippen LogP contribution in [0.4, 0.5) is 0 Å². The molecule has 0 aliphatic heterocycles. The number of hydrogen-bond acceptors (Lipinski definition) is 4. The third-order valence-corrected chi connectivity index (χ3v) is 3.59. The molecular weight excluding hydrogens is 263 g/mol. The number of allylic oxidation sites excluding steroid dienone is 2. The van der Waals surface area contributed by atoms with Crippen LogP contribution < -0.4 is 0 Å². The van der Waals surface area contributed by atoms with Gasteiger partial charge in [0.05, 0.1) is 0 Å². The molecule has 0 saturated heterocycles. The molecule has 0 heterocycles. The Bertz CT molecular complexity index is 504. The summed E-state index contributed by atoms with van der Waals surface area (Å²) in [5.41, 5.74) is -0.400. The molecule has 17 heavy (non-hydrogen) atoms. The zero-order valence-corrected chi connectivity index (χ0v) is 8.64. The minimum atomic E-state index is -4.94. The molecule has 1 aliphatic carbocycles. The molecule has 0 spiro atoms. The zero-order chi connectivity index (χ0) is 12.6. The summed E-state index contributed by atoms with van der Waals surface area (Å²) in [4.78, 5) is 21.5. The maximum absolute atomic E-state index is 11.0. The average Bonchev–Trinajstić information content (AvgIpc) is 2.15. The average molecular weight is 272 g/mol. The van der Waals surface area contributed by atoms with Crippen molar-refractivity contribution in [2.45, 2.75) is 11.2 Å². The molecule has 0 radical (unpaired) electrons. The number of rotatable bonds is 3. The fourth-order valence-corrected chi connectivity index (χ4v) is 2.11. The summed E-state index contributed by atoms with van der Waals surface area (Å²) in [6, 6.07) is 0. The zero-order valence-electron chi connectivity index (χ0n) is 7.82. The van der Waals surface area contributed by atoms with Crippen LogP contribution in [-0.2, 0) is 19.7 Å². The van der Waals surface area contributed by atoms with E-state index in [9.17, 15) is 18.0 Å². The first-order valence-electron chi connectivity index (χ1n) is 4.03. The first-order valence-corrected chi connectivity index (χ1v) is 5.47. The third-order valence-electron chi connectivity index (χ3n) is 2.21. The van der Waals surface area contributed by atoms with E-state index >= 15 is 0 Å². The van der Waals surface area contributed by atoms with Crippen LogP contribution in [0.15, 0.2) is 23.8 Å². The second-order valence-corrected chi connectivity index (χ2v) is 4.88. The first kappa shape index (κ1) is 16.3. The van der Waals surface area contributed by atoms with Crippen LogP contribution in [0.25, 0.3) is 0 Å². The van der Waals surface area contributed by atoms with Crippen molar-refractivity contribution >= 4 is 51.6 Å². The number of carboxylic acid groups (broad SMARTS) is 2. The normalized spacial score (nSPS) is 23.5. The van der Waals surface area contributed by atoms with Crippen molar-refractivity contribution in [2.24, 2.45) is 0 Å². The SMILES string of the molecule is O=C(O)C1=CC=CC(C(=O)O)(S(=O)(=O)O)C1.[NaH]. The summed E-state index contributed by atoms with van der Waals surface area (Å²) in [5, 5.41) is 17.5. The fourth-order valence-electron chi connectivity index (χ4n) is 1.30. The van der Waals surface area contributed by atoms with Gasteiger partial charge in [-0.1, -0.05) is 12.2 Å². The van der Waals surface area contributed by atoms with Gasteiger partial charge in [-0.3, -0.25) is 9.35 Å². The Labute approximate surface area is 119 Å². The van der Waals surface area contributed by atoms with Crippen LogP contribution in [0.2, 0.25) is 0 Å². The van der Waals surface area contributed by atoms with Gasteiger partial charge in [0.25, 0.3) is 10.1 Å². The van der Waals surface area contributed by atoms with E-state index in [2.05, 4.69) is 0 Å². The molecule has 1 atom stereocenters. The van der Waals surface area contributed by atoms with E-state index in [1.807, 2.05) is 0 Å². The second kappa shape index (κ2) is 5.32. The van der Waals surface area contributed by atoms with Crippen molar-refractivity contribution in [1.29, 1.82) is 0 Å². The van der Waals surface area contributed by atoms with E-state index in [-0.39, 0.29) is 29.6 Å². The van der Waals surface area contributed by atoms with E-state index in [0.717, 1.165) is 18.2 Å². The first-order chi connectivity index (χ1) is 7.21. The van der Waals surface area contributed by atoms with E-state index in [1.54, 1.807) is 0 Å². The van der Waals surface area contributed by atoms with Crippen LogP contribution in [0.3, 0.4) is 0 Å². The molecule has 0 aromatic rings. The van der Waals surface area contributed by atoms with Crippen molar-refractivity contribution < 1.29 is 32.8 Å². The standard InChI is InChI=1S/C8H8O7S.Na.H/c9-6(10)5-2-1-3-8(4-5,7(11)12)16(13,14)15;;/h1-3H,4H2,(H,9,10)(H,11,12)(H,13,14,15);;. The molecule has 7 nitrogen and oxygen atoms in total. The van der Waals surface area contributed by atoms with Gasteiger partial charge in [-0.2, -0.15) is 8.42 Å². The quantitative estimate of drug-likeness (QED) is 0.444. The van der Waals surface area contributed by atoms with Gasteiger partial charge in [-0.15, -0.1) is 0 Å². The van der Waals surface area contributed by atoms with Crippen LogP contribution in [0.1, 0.15) is 6.42 Å². The summed E-state index contributed by atoms with van der Waals surface area (Å²) in [6.07, 6.45) is 1.99. The fraction of sp³-hybridized carbons (Fsp3) is 0.250. The predicted molar refractivity (Wildman–Crippen MR) is 58.5 cm³/mol. The number of aliphatic carboxylic acids is 2. The van der Waals surface area contributed by atoms with Gasteiger partial charge in [0.1, 0.15) is 0 Å². The van der Waals surface area contributed by atoms with Gasteiger partial charge in [0.15, 0.2) is 0 Å². The summed E-state index contributed by atoms with van der Waals surface area (Å²) in [5.74, 6) is -3.25. The van der Waals surface area contributed by atoms with Gasteiger partial charge >= 0.3 is 41.5 Å². The van der Waals surface area contributed by atoms with E-state index < -0.39 is 38.8 Å². The Morgan fingerprint density at radius 3 is 2.18 bits per heavy atom. The Kier molecular flexibility index (Phi) is 5.11. The van der Waals surface area contributed by atoms with E-state index in [1.165, 1.54) is 0 Å². The predicted octanol–water partition coefficient (Wildman–Crippen LogP) is -0.980. The van der Waals surface area contributed by atoms with E-state index in [0.29, 0.717) is 0 Å². The van der Waals surface area contributed by atoms with Crippen LogP contribution >= 0.6 is 0 Å². The molecule has 9 heteroatoms. The van der Waals surface area contributed by atoms with Crippen molar-refractivity contribution in [2.75, 3.05) is 0 Å². The third kappa shape index (κ3) is 2.96. The van der Waals surface area contributed by atoms with Gasteiger partial charge in [-0.05, 0) is 6.08 Å². The molecule has 0 fully saturated rings. The molecule has 3 N–H and O–H groups in total. The van der Waals surface area contributed by atoms with Gasteiger partial charge in [0, 0.05) is 12.0 Å². The molecule has 1 rings (SSSR count). The number of hydrogen-bond donors (Lipinski definition) is 3. The molecule has 90 valence electrons. The molecule has 0 amide bonds. The Hall–Kier alpha value is -0.670. The maximum atomic E-state index is 11.0. The summed E-state index contributed by atoms with van der Waals surface area (Å²) in [6.45, 7) is 0. The molecule has 0 saturated carbocycles. The number of carbonyl (C=O) groups is 2. The molecule has 1 aliphatic rings. The summed E-state index contributed by atoms with van der Waals surface area (Å²) < 4.78 is 28.3. The van der Waals surface area contributed by atoms with Crippen molar-refractivity contribution in [3.63, 3.8) is 0 Å². The topological polar surface area (TPSA) is 129 Å². The van der Waals surface area contributed by atoms with Gasteiger partial charge < -0.3 is 10.2 Å². The molecule has 1 unspecified atom stereocenters. The Balaban J connectivity index is 0.00000256. The summed E-state index contributed by atoms with van der Waals surface area (Å²) >= 11 is 0. The minimum absolute atomic E-state index is 0. The number of carboxylic acids is 2. The molecule has 0 aromatic carbocycles. The Morgan fingerprint density at radius 2 is 1.82 bits per heavy atom. The van der Waals surface area contributed by atoms with E-state index in [4.69, 9.17) is 14.8 Å². The monoisotopic (exact) mass is 272 g/mol.